The third-order valence-electron chi connectivity index (χ3n) is 14.3. The number of pyridine rings is 1. The van der Waals surface area contributed by atoms with E-state index in [0.717, 1.165) is 59.9 Å². The molecule has 15 heteroatoms. The molecule has 5 N–H and O–H groups in total. The number of hydrogen-bond acceptors (Lipinski definition) is 9. The lowest BCUT2D eigenvalue weighted by atomic mass is 9.87. The van der Waals surface area contributed by atoms with Gasteiger partial charge < -0.3 is 44.6 Å². The molecule has 2 fully saturated rings. The number of nitrogens with zero attached hydrogens (tertiary/aromatic N) is 2. The third kappa shape index (κ3) is 14.7. The Kier molecular flexibility index (Phi) is 17.8. The third-order valence-corrected chi connectivity index (χ3v) is 18.8. The van der Waals surface area contributed by atoms with Gasteiger partial charge in [-0.15, -0.1) is 0 Å². The maximum Gasteiger partial charge on any atom is 0.412 e. The second-order valence-electron chi connectivity index (χ2n) is 21.7. The van der Waals surface area contributed by atoms with Crippen molar-refractivity contribution in [2.24, 2.45) is 5.92 Å². The number of anilines is 1. The number of nitrogens with one attached hydrogen (secondary N) is 3. The van der Waals surface area contributed by atoms with Crippen LogP contribution in [0, 0.1) is 5.92 Å². The van der Waals surface area contributed by atoms with Crippen molar-refractivity contribution in [3.63, 3.8) is 0 Å². The van der Waals surface area contributed by atoms with Gasteiger partial charge in [-0.1, -0.05) is 69.3 Å². The number of hydrogen-bond donors (Lipinski definition) is 5. The number of likely N-dealkylation sites (N-methyl/N-ethyl adjacent to an activating group) is 1. The number of carbonyl (C=O) groups excluding carboxylic acids is 2. The molecule has 4 aromatic rings. The molecule has 0 bridgehead atoms. The van der Waals surface area contributed by atoms with Gasteiger partial charge in [0.15, 0.2) is 8.32 Å². The Labute approximate surface area is 409 Å². The molecule has 6 rings (SSSR count). The summed E-state index contributed by atoms with van der Waals surface area (Å²) >= 11 is 0. The van der Waals surface area contributed by atoms with Crippen LogP contribution in [0.1, 0.15) is 117 Å². The number of aryl methyl sites for hydroxylation is 1. The van der Waals surface area contributed by atoms with E-state index in [-0.39, 0.29) is 53.2 Å². The average Bonchev–Trinajstić information content (AvgIpc) is 3.28. The van der Waals surface area contributed by atoms with E-state index in [9.17, 15) is 29.4 Å². The van der Waals surface area contributed by atoms with E-state index in [1.54, 1.807) is 24.1 Å². The smallest absolute Gasteiger partial charge is 0.412 e. The first-order valence-corrected chi connectivity index (χ1v) is 27.8. The fourth-order valence-electron chi connectivity index (χ4n) is 9.36. The summed E-state index contributed by atoms with van der Waals surface area (Å²) in [6, 6.07) is 22.3. The van der Waals surface area contributed by atoms with Gasteiger partial charge in [0, 0.05) is 49.2 Å². The van der Waals surface area contributed by atoms with Gasteiger partial charge >= 0.3 is 12.2 Å². The molecule has 69 heavy (non-hydrogen) atoms. The van der Waals surface area contributed by atoms with Gasteiger partial charge in [-0.2, -0.15) is 0 Å². The van der Waals surface area contributed by atoms with Crippen molar-refractivity contribution in [1.29, 1.82) is 0 Å². The summed E-state index contributed by atoms with van der Waals surface area (Å²) in [6.07, 6.45) is 5.83. The molecule has 2 aliphatic rings. The van der Waals surface area contributed by atoms with Crippen molar-refractivity contribution < 1.29 is 38.5 Å². The number of benzene rings is 3. The summed E-state index contributed by atoms with van der Waals surface area (Å²) in [7, 11) is -0.395. The highest BCUT2D eigenvalue weighted by atomic mass is 28.4. The van der Waals surface area contributed by atoms with Gasteiger partial charge in [-0.05, 0) is 150 Å². The number of amides is 3. The summed E-state index contributed by atoms with van der Waals surface area (Å²) < 4.78 is 18.6. The Morgan fingerprint density at radius 1 is 0.884 bits per heavy atom. The van der Waals surface area contributed by atoms with Crippen LogP contribution in [0.15, 0.2) is 77.6 Å². The Hall–Kier alpha value is -5.22. The molecule has 0 spiro atoms. The van der Waals surface area contributed by atoms with E-state index in [1.807, 2.05) is 75.4 Å². The number of aromatic nitrogens is 1. The van der Waals surface area contributed by atoms with Crippen LogP contribution in [0.3, 0.4) is 0 Å². The number of carbonyl (C=O) groups is 3. The predicted molar refractivity (Wildman–Crippen MR) is 276 cm³/mol. The zero-order valence-corrected chi connectivity index (χ0v) is 43.4. The molecule has 0 radical (unpaired) electrons. The molecule has 3 amide bonds. The van der Waals surface area contributed by atoms with Crippen LogP contribution in [0.2, 0.25) is 18.1 Å². The van der Waals surface area contributed by atoms with Crippen molar-refractivity contribution in [3.05, 3.63) is 94.3 Å². The highest BCUT2D eigenvalue weighted by Gasteiger charge is 2.40. The lowest BCUT2D eigenvalue weighted by molar-refractivity contribution is -0.137. The maximum absolute atomic E-state index is 13.3. The molecule has 2 aliphatic carbocycles. The molecule has 1 heterocycles. The number of alkyl carbamates (subject to hydrolysis) is 1. The van der Waals surface area contributed by atoms with Crippen molar-refractivity contribution >= 4 is 43.0 Å². The summed E-state index contributed by atoms with van der Waals surface area (Å²) in [5, 5.41) is 28.7. The van der Waals surface area contributed by atoms with Crippen molar-refractivity contribution in [2.45, 2.75) is 154 Å². The first-order valence-electron chi connectivity index (χ1n) is 24.9. The minimum absolute atomic E-state index is 0.0113. The number of aromatic amines is 1. The van der Waals surface area contributed by atoms with E-state index in [0.29, 0.717) is 68.7 Å². The number of fused-ring (bicyclic) bond motifs is 1. The molecule has 2 saturated carbocycles. The fourth-order valence-corrected chi connectivity index (χ4v) is 10.6. The zero-order chi connectivity index (χ0) is 50.1. The number of phenolic OH excluding ortho intramolecular Hbond substituents is 1. The molecule has 1 aromatic heterocycles. The van der Waals surface area contributed by atoms with Crippen LogP contribution in [-0.2, 0) is 25.1 Å². The molecule has 3 aromatic carbocycles. The molecule has 0 saturated heterocycles. The van der Waals surface area contributed by atoms with E-state index in [2.05, 4.69) is 49.5 Å². The van der Waals surface area contributed by atoms with Crippen LogP contribution in [0.5, 0.6) is 5.75 Å². The van der Waals surface area contributed by atoms with Gasteiger partial charge in [0.1, 0.15) is 18.0 Å². The van der Waals surface area contributed by atoms with Crippen LogP contribution in [0.4, 0.5) is 15.3 Å². The number of ether oxygens (including phenoxy) is 2. The Morgan fingerprint density at radius 2 is 1.58 bits per heavy atom. The monoisotopic (exact) mass is 968 g/mol. The zero-order valence-electron chi connectivity index (χ0n) is 42.4. The highest BCUT2D eigenvalue weighted by molar-refractivity contribution is 6.74. The van der Waals surface area contributed by atoms with Crippen molar-refractivity contribution in [1.82, 2.24) is 20.5 Å². The second-order valence-corrected chi connectivity index (χ2v) is 26.5. The molecular weight excluding hydrogens is 891 g/mol. The Morgan fingerprint density at radius 3 is 2.23 bits per heavy atom. The number of phenols is 1. The minimum Gasteiger partial charge on any atom is -0.506 e. The Bertz CT molecular complexity index is 2420. The molecular formula is C54H77N5O9Si. The van der Waals surface area contributed by atoms with Crippen LogP contribution >= 0.6 is 0 Å². The SMILES string of the molecule is CN(CCCc1ccc(-c2ccccc2)c(N(C(=O)O)[C@H]2CC[C@H](NC(=O)OC(C)(C)C)CC2)c1)C(=O)CO[C@H]1CC[C@H](CNC[C@H](O[Si](C)(C)C(C)(C)C)c2ccc(O)c3[nH]c(=O)ccc23)CC1. The van der Waals surface area contributed by atoms with Crippen LogP contribution in [-0.4, -0.2) is 104 Å². The quantitative estimate of drug-likeness (QED) is 0.0602. The second kappa shape index (κ2) is 23.1. The van der Waals surface area contributed by atoms with E-state index >= 15 is 0 Å². The first kappa shape index (κ1) is 53.1. The van der Waals surface area contributed by atoms with Gasteiger partial charge in [0.05, 0.1) is 23.4 Å². The standard InChI is InChI=1S/C54H77N5O9Si/c1-53(2,3)67-51(63)56-39-20-22-40(23-21-39)59(52(64)65)45-32-36(19-26-42(45)38-15-11-10-12-16-38)14-13-31-58(7)49(62)35-66-41-24-17-37(18-25-41)33-55-34-47(68-69(8,9)54(4,5)6)43-27-29-46(60)50-44(43)28-30-48(61)57-50/h10-12,15-16,19,26-30,32,37,39-41,47,55,60H,13-14,17-18,20-25,31,33-35H2,1-9H3,(H,56,63)(H,57,61)(H,64,65)/t37-,39-,40-,41-,47-/m0/s1. The van der Waals surface area contributed by atoms with Crippen LogP contribution in [0.25, 0.3) is 22.0 Å². The largest absolute Gasteiger partial charge is 0.506 e. The minimum atomic E-state index is -2.20. The maximum atomic E-state index is 13.3. The van der Waals surface area contributed by atoms with Crippen LogP contribution < -0.4 is 21.1 Å². The number of H-pyrrole nitrogens is 1. The van der Waals surface area contributed by atoms with E-state index < -0.39 is 26.1 Å². The molecule has 376 valence electrons. The summed E-state index contributed by atoms with van der Waals surface area (Å²) in [4.78, 5) is 57.0. The van der Waals surface area contributed by atoms with Gasteiger partial charge in [-0.3, -0.25) is 14.5 Å². The van der Waals surface area contributed by atoms with E-state index in [1.165, 1.54) is 11.0 Å². The van der Waals surface area contributed by atoms with Gasteiger partial charge in [-0.25, -0.2) is 9.59 Å². The lowest BCUT2D eigenvalue weighted by Crippen LogP contribution is -2.47. The van der Waals surface area contributed by atoms with Gasteiger partial charge in [0.2, 0.25) is 11.5 Å². The van der Waals surface area contributed by atoms with Crippen molar-refractivity contribution in [3.8, 4) is 16.9 Å². The fraction of sp³-hybridized carbons (Fsp3) is 0.556. The predicted octanol–water partition coefficient (Wildman–Crippen LogP) is 10.5. The lowest BCUT2D eigenvalue weighted by Gasteiger charge is -2.40. The summed E-state index contributed by atoms with van der Waals surface area (Å²) in [6.45, 7) is 18.6. The molecule has 1 atom stereocenters. The van der Waals surface area contributed by atoms with Crippen molar-refractivity contribution in [2.75, 3.05) is 38.2 Å². The summed E-state index contributed by atoms with van der Waals surface area (Å²) in [5.41, 5.74) is 3.87. The number of aromatic hydroxyl groups is 1. The average molecular weight is 968 g/mol. The molecule has 14 nitrogen and oxygen atoms in total. The Balaban J connectivity index is 0.978. The number of rotatable bonds is 18. The molecule has 0 aliphatic heterocycles. The number of carboxylic acid groups (broad SMARTS) is 1. The highest BCUT2D eigenvalue weighted by Crippen LogP contribution is 2.42. The first-order chi connectivity index (χ1) is 32.6. The van der Waals surface area contributed by atoms with E-state index in [4.69, 9.17) is 13.9 Å². The topological polar surface area (TPSA) is 183 Å². The normalized spacial score (nSPS) is 19.4. The summed E-state index contributed by atoms with van der Waals surface area (Å²) in [5.74, 6) is 0.424. The molecule has 0 unspecified atom stereocenters. The van der Waals surface area contributed by atoms with Gasteiger partial charge in [0.25, 0.3) is 0 Å².